The molecule has 1 aromatic heterocycles. The second-order valence-corrected chi connectivity index (χ2v) is 7.97. The Hall–Kier alpha value is -1.33. The Morgan fingerprint density at radius 2 is 1.90 bits per heavy atom. The molecule has 0 bridgehead atoms. The summed E-state index contributed by atoms with van der Waals surface area (Å²) in [5, 5.41) is 6.22. The number of rotatable bonds is 9. The van der Waals surface area contributed by atoms with Gasteiger partial charge in [0.1, 0.15) is 11.9 Å². The Morgan fingerprint density at radius 1 is 1.10 bits per heavy atom. The normalized spacial score (nSPS) is 12.2. The van der Waals surface area contributed by atoms with E-state index < -0.39 is 10.4 Å². The van der Waals surface area contributed by atoms with Crippen LogP contribution in [0.4, 0.5) is 0 Å². The first-order valence-corrected chi connectivity index (χ1v) is 10.8. The molecule has 0 aliphatic heterocycles. The van der Waals surface area contributed by atoms with E-state index in [2.05, 4.69) is 5.32 Å². The molecule has 0 saturated carbocycles. The van der Waals surface area contributed by atoms with Crippen LogP contribution in [-0.2, 0) is 10.4 Å². The fourth-order valence-electron chi connectivity index (χ4n) is 2.90. The standard InChI is InChI=1S/C19H21NO6S2.Na/c1-20-11-10-16(18-7-4-12-27-18)25-15-6-3-5-14-13(15)8-9-17(24-2)19(14)26-28(21,22)23;/h3-9,12,16,20H,10-11H2,1-2H3,(H,21,22,23);/t16-;/m0./s1. The Labute approximate surface area is 196 Å². The molecule has 3 rings (SSSR count). The van der Waals surface area contributed by atoms with Crippen LogP contribution in [0, 0.1) is 0 Å². The van der Waals surface area contributed by atoms with Crippen LogP contribution in [0.1, 0.15) is 17.4 Å². The average molecular weight is 447 g/mol. The molecule has 1 radical (unpaired) electrons. The molecule has 0 saturated heterocycles. The molecular formula is C19H21NNaO6S2. The summed E-state index contributed by atoms with van der Waals surface area (Å²) in [6.07, 6.45) is 0.601. The SMILES string of the molecule is CNCC[C@H](Oc1cccc2c(OS(=O)(=O)O)c(OC)ccc12)c1cccs1.[Na]. The van der Waals surface area contributed by atoms with Gasteiger partial charge in [-0.15, -0.1) is 11.3 Å². The summed E-state index contributed by atoms with van der Waals surface area (Å²) < 4.78 is 48.0. The van der Waals surface area contributed by atoms with Crippen molar-refractivity contribution in [2.75, 3.05) is 20.7 Å². The number of nitrogens with one attached hydrogen (secondary N) is 1. The summed E-state index contributed by atoms with van der Waals surface area (Å²) >= 11 is 1.61. The third-order valence-electron chi connectivity index (χ3n) is 4.13. The molecular weight excluding hydrogens is 425 g/mol. The van der Waals surface area contributed by atoms with E-state index in [1.165, 1.54) is 7.11 Å². The van der Waals surface area contributed by atoms with Gasteiger partial charge < -0.3 is 19.0 Å². The first-order valence-electron chi connectivity index (χ1n) is 8.54. The first kappa shape index (κ1) is 23.9. The predicted molar refractivity (Wildman–Crippen MR) is 115 cm³/mol. The van der Waals surface area contributed by atoms with Crippen LogP contribution in [0.15, 0.2) is 47.8 Å². The number of benzene rings is 2. The molecule has 29 heavy (non-hydrogen) atoms. The van der Waals surface area contributed by atoms with E-state index in [0.717, 1.165) is 17.8 Å². The van der Waals surface area contributed by atoms with Crippen molar-refractivity contribution in [1.29, 1.82) is 0 Å². The van der Waals surface area contributed by atoms with Gasteiger partial charge in [-0.1, -0.05) is 18.2 Å². The van der Waals surface area contributed by atoms with Crippen molar-refractivity contribution in [3.63, 3.8) is 0 Å². The maximum Gasteiger partial charge on any atom is 0.446 e. The van der Waals surface area contributed by atoms with Crippen LogP contribution in [0.2, 0.25) is 0 Å². The van der Waals surface area contributed by atoms with E-state index in [1.807, 2.05) is 30.6 Å². The van der Waals surface area contributed by atoms with Crippen molar-refractivity contribution in [2.45, 2.75) is 12.5 Å². The molecule has 10 heteroatoms. The van der Waals surface area contributed by atoms with Crippen LogP contribution in [0.5, 0.6) is 17.2 Å². The van der Waals surface area contributed by atoms with Crippen molar-refractivity contribution >= 4 is 62.1 Å². The Balaban J connectivity index is 0.00000300. The largest absolute Gasteiger partial charge is 0.493 e. The summed E-state index contributed by atoms with van der Waals surface area (Å²) in [6.45, 7) is 0.776. The Bertz CT molecular complexity index is 1040. The summed E-state index contributed by atoms with van der Waals surface area (Å²) in [6, 6.07) is 12.6. The number of hydrogen-bond acceptors (Lipinski definition) is 7. The van der Waals surface area contributed by atoms with E-state index in [4.69, 9.17) is 18.2 Å². The zero-order valence-corrected chi connectivity index (χ0v) is 20.0. The molecule has 1 atom stereocenters. The Kier molecular flexibility index (Phi) is 8.77. The minimum atomic E-state index is -4.71. The van der Waals surface area contributed by atoms with E-state index in [9.17, 15) is 8.42 Å². The maximum atomic E-state index is 11.3. The molecule has 0 amide bonds. The van der Waals surface area contributed by atoms with Crippen LogP contribution in [0.25, 0.3) is 10.8 Å². The topological polar surface area (TPSA) is 94.1 Å². The van der Waals surface area contributed by atoms with Gasteiger partial charge in [-0.05, 0) is 43.2 Å². The van der Waals surface area contributed by atoms with E-state index in [0.29, 0.717) is 16.5 Å². The molecule has 0 spiro atoms. The molecule has 1 heterocycles. The second kappa shape index (κ2) is 10.6. The van der Waals surface area contributed by atoms with Crippen LogP contribution in [0.3, 0.4) is 0 Å². The van der Waals surface area contributed by atoms with Gasteiger partial charge in [0.2, 0.25) is 0 Å². The number of thiophene rings is 1. The molecule has 0 fully saturated rings. The van der Waals surface area contributed by atoms with Crippen LogP contribution < -0.4 is 19.0 Å². The minimum absolute atomic E-state index is 0. The van der Waals surface area contributed by atoms with E-state index >= 15 is 0 Å². The maximum absolute atomic E-state index is 11.3. The molecule has 0 aliphatic carbocycles. The quantitative estimate of drug-likeness (QED) is 0.384. The Morgan fingerprint density at radius 3 is 2.52 bits per heavy atom. The number of hydrogen-bond donors (Lipinski definition) is 2. The molecule has 2 aromatic carbocycles. The van der Waals surface area contributed by atoms with Gasteiger partial charge in [-0.3, -0.25) is 4.55 Å². The zero-order chi connectivity index (χ0) is 20.1. The smallest absolute Gasteiger partial charge is 0.446 e. The summed E-state index contributed by atoms with van der Waals surface area (Å²) in [5.41, 5.74) is 0. The molecule has 7 nitrogen and oxygen atoms in total. The average Bonchev–Trinajstić information content (AvgIpc) is 3.19. The fraction of sp³-hybridized carbons (Fsp3) is 0.263. The minimum Gasteiger partial charge on any atom is -0.493 e. The van der Waals surface area contributed by atoms with Gasteiger partial charge in [-0.2, -0.15) is 8.42 Å². The predicted octanol–water partition coefficient (Wildman–Crippen LogP) is 3.44. The summed E-state index contributed by atoms with van der Waals surface area (Å²) in [4.78, 5) is 1.09. The van der Waals surface area contributed by atoms with Crippen molar-refractivity contribution in [1.82, 2.24) is 5.32 Å². The summed E-state index contributed by atoms with van der Waals surface area (Å²) in [7, 11) is -1.44. The van der Waals surface area contributed by atoms with Gasteiger partial charge in [0, 0.05) is 51.6 Å². The van der Waals surface area contributed by atoms with Crippen molar-refractivity contribution in [2.24, 2.45) is 0 Å². The van der Waals surface area contributed by atoms with Crippen molar-refractivity contribution < 1.29 is 26.6 Å². The molecule has 2 N–H and O–H groups in total. The first-order chi connectivity index (χ1) is 13.4. The van der Waals surface area contributed by atoms with Gasteiger partial charge in [0.25, 0.3) is 0 Å². The van der Waals surface area contributed by atoms with Crippen LogP contribution in [-0.4, -0.2) is 63.2 Å². The second-order valence-electron chi connectivity index (χ2n) is 5.97. The van der Waals surface area contributed by atoms with Gasteiger partial charge in [0.05, 0.1) is 7.11 Å². The van der Waals surface area contributed by atoms with Crippen molar-refractivity contribution in [3.05, 3.63) is 52.7 Å². The number of ether oxygens (including phenoxy) is 2. The van der Waals surface area contributed by atoms with E-state index in [1.54, 1.807) is 35.6 Å². The number of fused-ring (bicyclic) bond motifs is 1. The van der Waals surface area contributed by atoms with Gasteiger partial charge in [0.15, 0.2) is 11.5 Å². The molecule has 0 unspecified atom stereocenters. The van der Waals surface area contributed by atoms with Gasteiger partial charge >= 0.3 is 10.4 Å². The third-order valence-corrected chi connectivity index (χ3v) is 5.47. The fourth-order valence-corrected chi connectivity index (χ4v) is 4.07. The van der Waals surface area contributed by atoms with Gasteiger partial charge in [-0.25, -0.2) is 0 Å². The third kappa shape index (κ3) is 6.08. The number of methoxy groups -OCH3 is 1. The zero-order valence-electron chi connectivity index (χ0n) is 16.4. The summed E-state index contributed by atoms with van der Waals surface area (Å²) in [5.74, 6) is 0.679. The van der Waals surface area contributed by atoms with E-state index in [-0.39, 0.29) is 47.2 Å². The molecule has 0 aliphatic rings. The molecule has 3 aromatic rings. The monoisotopic (exact) mass is 446 g/mol. The van der Waals surface area contributed by atoms with Crippen molar-refractivity contribution in [3.8, 4) is 17.2 Å². The van der Waals surface area contributed by atoms with Crippen LogP contribution >= 0.6 is 11.3 Å². The molecule has 151 valence electrons.